The molecule has 0 radical (unpaired) electrons. The van der Waals surface area contributed by atoms with Crippen molar-refractivity contribution in [2.75, 3.05) is 0 Å². The van der Waals surface area contributed by atoms with E-state index in [-0.39, 0.29) is 5.78 Å². The summed E-state index contributed by atoms with van der Waals surface area (Å²) >= 11 is 5.16. The lowest BCUT2D eigenvalue weighted by molar-refractivity contribution is 0.103. The fourth-order valence-electron chi connectivity index (χ4n) is 5.20. The summed E-state index contributed by atoms with van der Waals surface area (Å²) in [6.07, 6.45) is 0. The van der Waals surface area contributed by atoms with E-state index in [1.54, 1.807) is 34.0 Å². The van der Waals surface area contributed by atoms with Gasteiger partial charge in [-0.1, -0.05) is 162 Å². The SMILES string of the molecule is CC(C)c1nc(-c2ccccc2)c(-c2ccccc2)s1.Cc1ccc(C(=O)c2csc(C(C)C)n2)cc1.Cc1sc(C(C)C)nc1-c1ccccc1. The van der Waals surface area contributed by atoms with Crippen LogP contribution in [0.4, 0.5) is 0 Å². The molecule has 0 atom stereocenters. The minimum absolute atomic E-state index is 0.00755. The van der Waals surface area contributed by atoms with Gasteiger partial charge < -0.3 is 0 Å². The van der Waals surface area contributed by atoms with Gasteiger partial charge in [-0.05, 0) is 19.4 Å². The van der Waals surface area contributed by atoms with E-state index >= 15 is 0 Å². The first-order valence-corrected chi connectivity index (χ1v) is 20.2. The lowest BCUT2D eigenvalue weighted by Gasteiger charge is -2.02. The molecule has 7 rings (SSSR count). The van der Waals surface area contributed by atoms with Crippen LogP contribution >= 0.6 is 34.0 Å². The third-order valence-corrected chi connectivity index (χ3v) is 12.0. The molecule has 0 unspecified atom stereocenters. The fourth-order valence-corrected chi connectivity index (χ4v) is 8.06. The Labute approximate surface area is 321 Å². The highest BCUT2D eigenvalue weighted by Gasteiger charge is 2.17. The summed E-state index contributed by atoms with van der Waals surface area (Å²) in [5.41, 5.74) is 8.32. The summed E-state index contributed by atoms with van der Waals surface area (Å²) < 4.78 is 0. The monoisotopic (exact) mass is 741 g/mol. The standard InChI is InChI=1S/C18H17NS.C14H15NOS.C13H15NS/c1-13(2)18-19-16(14-9-5-3-6-10-14)17(20-18)15-11-7-4-8-12-15;1-9(2)14-15-12(8-17-14)13(16)11-6-4-10(3)5-7-11;1-9(2)13-14-12(10(3)15-13)11-7-5-4-6-8-11/h3-13H,1-2H3;4-9H,1-3H3;4-9H,1-3H3. The van der Waals surface area contributed by atoms with Crippen molar-refractivity contribution in [2.24, 2.45) is 0 Å². The summed E-state index contributed by atoms with van der Waals surface area (Å²) in [5, 5.41) is 5.28. The molecule has 0 fully saturated rings. The molecule has 0 bridgehead atoms. The molecule has 0 aliphatic heterocycles. The zero-order valence-corrected chi connectivity index (χ0v) is 33.7. The normalized spacial score (nSPS) is 10.9. The fraction of sp³-hybridized carbons (Fsp3) is 0.244. The summed E-state index contributed by atoms with van der Waals surface area (Å²) in [6, 6.07) is 39.0. The average molecular weight is 742 g/mol. The summed E-state index contributed by atoms with van der Waals surface area (Å²) in [4.78, 5) is 28.7. The molecule has 0 aliphatic carbocycles. The van der Waals surface area contributed by atoms with Gasteiger partial charge in [0.25, 0.3) is 0 Å². The van der Waals surface area contributed by atoms with Crippen molar-refractivity contribution in [1.82, 2.24) is 15.0 Å². The molecule has 0 saturated carbocycles. The molecule has 4 aromatic carbocycles. The first-order chi connectivity index (χ1) is 25.0. The second-order valence-electron chi connectivity index (χ2n) is 13.5. The Morgan fingerprint density at radius 2 is 0.981 bits per heavy atom. The van der Waals surface area contributed by atoms with Gasteiger partial charge in [-0.3, -0.25) is 4.79 Å². The van der Waals surface area contributed by atoms with Crippen LogP contribution < -0.4 is 0 Å². The van der Waals surface area contributed by atoms with Gasteiger partial charge in [-0.15, -0.1) is 34.0 Å². The Balaban J connectivity index is 0.000000153. The number of hydrogen-bond acceptors (Lipinski definition) is 7. The Bertz CT molecular complexity index is 2090. The summed E-state index contributed by atoms with van der Waals surface area (Å²) in [7, 11) is 0. The van der Waals surface area contributed by atoms with E-state index in [0.717, 1.165) is 22.0 Å². The van der Waals surface area contributed by atoms with Crippen molar-refractivity contribution in [3.8, 4) is 33.0 Å². The quantitative estimate of drug-likeness (QED) is 0.146. The number of ketones is 1. The van der Waals surface area contributed by atoms with Crippen molar-refractivity contribution in [2.45, 2.75) is 73.1 Å². The number of thiazole rings is 3. The number of hydrogen-bond donors (Lipinski definition) is 0. The summed E-state index contributed by atoms with van der Waals surface area (Å²) in [5.74, 6) is 1.36. The number of nitrogens with zero attached hydrogens (tertiary/aromatic N) is 3. The molecule has 7 heteroatoms. The van der Waals surface area contributed by atoms with Crippen LogP contribution in [0.1, 0.15) is 101 Å². The van der Waals surface area contributed by atoms with Crippen molar-refractivity contribution in [3.63, 3.8) is 0 Å². The molecule has 0 amide bonds. The first-order valence-electron chi connectivity index (χ1n) is 17.7. The molecule has 3 heterocycles. The second kappa shape index (κ2) is 18.3. The van der Waals surface area contributed by atoms with Crippen LogP contribution in [-0.2, 0) is 0 Å². The highest BCUT2D eigenvalue weighted by atomic mass is 32.1. The van der Waals surface area contributed by atoms with E-state index in [1.165, 1.54) is 36.5 Å². The highest BCUT2D eigenvalue weighted by molar-refractivity contribution is 7.15. The zero-order valence-electron chi connectivity index (χ0n) is 31.3. The van der Waals surface area contributed by atoms with Gasteiger partial charge in [0, 0.05) is 44.7 Å². The number of carbonyl (C=O) groups is 1. The van der Waals surface area contributed by atoms with Gasteiger partial charge in [0.15, 0.2) is 0 Å². The third-order valence-electron chi connectivity index (χ3n) is 8.14. The van der Waals surface area contributed by atoms with Gasteiger partial charge >= 0.3 is 0 Å². The Morgan fingerprint density at radius 1 is 0.519 bits per heavy atom. The van der Waals surface area contributed by atoms with Crippen molar-refractivity contribution >= 4 is 39.8 Å². The molecular weight excluding hydrogens is 695 g/mol. The third kappa shape index (κ3) is 10.1. The van der Waals surface area contributed by atoms with E-state index in [2.05, 4.69) is 132 Å². The topological polar surface area (TPSA) is 55.7 Å². The maximum absolute atomic E-state index is 12.1. The minimum atomic E-state index is 0.00755. The number of carbonyl (C=O) groups excluding carboxylic acids is 1. The molecule has 0 N–H and O–H groups in total. The van der Waals surface area contributed by atoms with Crippen LogP contribution in [0.2, 0.25) is 0 Å². The molecule has 0 aliphatic rings. The van der Waals surface area contributed by atoms with Gasteiger partial charge in [0.2, 0.25) is 5.78 Å². The Hall–Kier alpha value is -4.56. The second-order valence-corrected chi connectivity index (χ2v) is 16.7. The Kier molecular flexibility index (Phi) is 13.6. The number of aryl methyl sites for hydroxylation is 2. The molecule has 52 heavy (non-hydrogen) atoms. The van der Waals surface area contributed by atoms with E-state index in [9.17, 15) is 4.79 Å². The van der Waals surface area contributed by atoms with Gasteiger partial charge in [0.05, 0.1) is 31.3 Å². The smallest absolute Gasteiger partial charge is 0.212 e. The predicted molar refractivity (Wildman–Crippen MR) is 224 cm³/mol. The van der Waals surface area contributed by atoms with E-state index in [1.807, 2.05) is 48.7 Å². The molecule has 0 saturated heterocycles. The van der Waals surface area contributed by atoms with Gasteiger partial charge in [0.1, 0.15) is 5.69 Å². The maximum atomic E-state index is 12.1. The van der Waals surface area contributed by atoms with E-state index in [4.69, 9.17) is 9.97 Å². The van der Waals surface area contributed by atoms with Crippen LogP contribution in [-0.4, -0.2) is 20.7 Å². The van der Waals surface area contributed by atoms with Crippen LogP contribution in [0.5, 0.6) is 0 Å². The highest BCUT2D eigenvalue weighted by Crippen LogP contribution is 2.39. The van der Waals surface area contributed by atoms with Crippen molar-refractivity contribution < 1.29 is 4.79 Å². The molecule has 266 valence electrons. The van der Waals surface area contributed by atoms with Crippen molar-refractivity contribution in [1.29, 1.82) is 0 Å². The molecule has 4 nitrogen and oxygen atoms in total. The molecular formula is C45H47N3OS3. The van der Waals surface area contributed by atoms with Gasteiger partial charge in [-0.2, -0.15) is 0 Å². The molecule has 7 aromatic rings. The number of benzene rings is 4. The van der Waals surface area contributed by atoms with Crippen LogP contribution in [0.3, 0.4) is 0 Å². The van der Waals surface area contributed by atoms with Crippen LogP contribution in [0, 0.1) is 13.8 Å². The average Bonchev–Trinajstić information content (AvgIpc) is 3.93. The molecule has 0 spiro atoms. The maximum Gasteiger partial charge on any atom is 0.212 e. The largest absolute Gasteiger partial charge is 0.287 e. The Morgan fingerprint density at radius 3 is 1.46 bits per heavy atom. The van der Waals surface area contributed by atoms with E-state index in [0.29, 0.717) is 29.0 Å². The lowest BCUT2D eigenvalue weighted by atomic mass is 10.1. The van der Waals surface area contributed by atoms with Crippen molar-refractivity contribution in [3.05, 3.63) is 157 Å². The van der Waals surface area contributed by atoms with E-state index < -0.39 is 0 Å². The first kappa shape index (κ1) is 38.7. The lowest BCUT2D eigenvalue weighted by Crippen LogP contribution is -2.02. The minimum Gasteiger partial charge on any atom is -0.287 e. The van der Waals surface area contributed by atoms with Gasteiger partial charge in [-0.25, -0.2) is 15.0 Å². The number of aromatic nitrogens is 3. The predicted octanol–water partition coefficient (Wildman–Crippen LogP) is 13.6. The summed E-state index contributed by atoms with van der Waals surface area (Å²) in [6.45, 7) is 17.1. The zero-order chi connectivity index (χ0) is 37.2. The number of rotatable bonds is 8. The van der Waals surface area contributed by atoms with Crippen LogP contribution in [0.25, 0.3) is 33.0 Å². The molecule has 3 aromatic heterocycles. The van der Waals surface area contributed by atoms with Crippen LogP contribution in [0.15, 0.2) is 121 Å².